The zero-order chi connectivity index (χ0) is 29.7. The Labute approximate surface area is 257 Å². The topological polar surface area (TPSA) is 113 Å². The molecule has 0 aromatic heterocycles. The molecule has 4 rings (SSSR count). The Hall–Kier alpha value is -0.680. The molecule has 1 heterocycles. The van der Waals surface area contributed by atoms with Gasteiger partial charge in [-0.15, -0.1) is 5.92 Å². The maximum atomic E-state index is 11.3. The monoisotopic (exact) mass is 589 g/mol. The van der Waals surface area contributed by atoms with Crippen molar-refractivity contribution >= 4 is 0 Å². The van der Waals surface area contributed by atoms with Crippen molar-refractivity contribution in [2.75, 3.05) is 13.2 Å². The van der Waals surface area contributed by atoms with Crippen LogP contribution in [0.15, 0.2) is 0 Å². The summed E-state index contributed by atoms with van der Waals surface area (Å²) in [5.41, 5.74) is 6.10. The molecular weight excluding hydrogens is 524 g/mol. The zero-order valence-corrected chi connectivity index (χ0v) is 26.8. The minimum Gasteiger partial charge on any atom is -0.393 e. The van der Waals surface area contributed by atoms with Crippen molar-refractivity contribution in [1.82, 2.24) is 0 Å². The van der Waals surface area contributed by atoms with Gasteiger partial charge in [-0.2, -0.15) is 0 Å². The van der Waals surface area contributed by atoms with Crippen LogP contribution in [0.2, 0.25) is 0 Å². The number of nitrogens with two attached hydrogens (primary N) is 2. The fraction of sp³-hybridized carbons (Fsp3) is 0.944. The zero-order valence-electron chi connectivity index (χ0n) is 26.8. The number of hydrogen-bond acceptors (Lipinski definition) is 5. The largest absolute Gasteiger partial charge is 0.393 e. The maximum absolute atomic E-state index is 11.3. The second-order valence-electron chi connectivity index (χ2n) is 14.9. The lowest BCUT2D eigenvalue weighted by molar-refractivity contribution is -0.699. The molecule has 0 radical (unpaired) electrons. The highest BCUT2D eigenvalue weighted by Gasteiger charge is 2.32. The third kappa shape index (κ3) is 11.4. The summed E-state index contributed by atoms with van der Waals surface area (Å²) in [7, 11) is 0. The third-order valence-electron chi connectivity index (χ3n) is 11.5. The molecule has 0 amide bonds. The average molecular weight is 590 g/mol. The van der Waals surface area contributed by atoms with E-state index in [0.717, 1.165) is 83.1 Å². The lowest BCUT2D eigenvalue weighted by Gasteiger charge is -2.34. The van der Waals surface area contributed by atoms with Crippen LogP contribution in [0.3, 0.4) is 0 Å². The van der Waals surface area contributed by atoms with Crippen molar-refractivity contribution in [3.8, 4) is 11.8 Å². The van der Waals surface area contributed by atoms with E-state index in [1.54, 1.807) is 0 Å². The van der Waals surface area contributed by atoms with Crippen molar-refractivity contribution in [2.45, 2.75) is 166 Å². The molecule has 242 valence electrons. The first-order chi connectivity index (χ1) is 20.4. The Bertz CT molecular complexity index is 808. The van der Waals surface area contributed by atoms with Gasteiger partial charge in [-0.05, 0) is 94.3 Å². The van der Waals surface area contributed by atoms with Gasteiger partial charge in [-0.25, -0.2) is 0 Å². The third-order valence-corrected chi connectivity index (χ3v) is 11.5. The van der Waals surface area contributed by atoms with E-state index < -0.39 is 12.2 Å². The minimum absolute atomic E-state index is 0.0968. The van der Waals surface area contributed by atoms with Crippen molar-refractivity contribution < 1.29 is 25.4 Å². The van der Waals surface area contributed by atoms with E-state index in [2.05, 4.69) is 24.1 Å². The van der Waals surface area contributed by atoms with Crippen molar-refractivity contribution in [3.63, 3.8) is 0 Å². The number of aliphatic hydroxyl groups is 3. The summed E-state index contributed by atoms with van der Waals surface area (Å²) in [6, 6.07) is 0. The van der Waals surface area contributed by atoms with Crippen LogP contribution in [0.4, 0.5) is 0 Å². The first-order valence-electron chi connectivity index (χ1n) is 18.1. The Morgan fingerprint density at radius 1 is 0.857 bits per heavy atom. The van der Waals surface area contributed by atoms with Crippen LogP contribution in [0.5, 0.6) is 0 Å². The molecule has 0 spiro atoms. The van der Waals surface area contributed by atoms with Crippen LogP contribution >= 0.6 is 0 Å². The van der Waals surface area contributed by atoms with E-state index in [4.69, 9.17) is 10.5 Å². The highest BCUT2D eigenvalue weighted by molar-refractivity contribution is 5.07. The minimum atomic E-state index is -0.530. The Morgan fingerprint density at radius 3 is 2.43 bits per heavy atom. The molecule has 6 nitrogen and oxygen atoms in total. The smallest absolute Gasteiger partial charge is 0.137 e. The summed E-state index contributed by atoms with van der Waals surface area (Å²) in [6.07, 6.45) is 20.5. The van der Waals surface area contributed by atoms with E-state index in [1.807, 2.05) is 0 Å². The second-order valence-corrected chi connectivity index (χ2v) is 14.9. The molecule has 10 atom stereocenters. The van der Waals surface area contributed by atoms with Gasteiger partial charge in [0, 0.05) is 31.3 Å². The highest BCUT2D eigenvalue weighted by Crippen LogP contribution is 2.35. The molecule has 0 aromatic carbocycles. The molecule has 3 aliphatic carbocycles. The standard InChI is InChI=1S/C36H64N2O4/c1-26(23-27-9-3-2-4-10-27)30-12-5-6-15-32(39)31(14-7-13-30)33(40)18-16-29-17-19-34(41)35(24-29)42-22-8-11-28-20-21-38-36(37)25-28/h26-36,38-41H,2-6,8-12,14-25,37H2,1H3/p+1. The van der Waals surface area contributed by atoms with E-state index in [1.165, 1.54) is 44.9 Å². The molecule has 0 aromatic rings. The molecule has 6 heteroatoms. The number of rotatable bonds is 12. The van der Waals surface area contributed by atoms with Crippen LogP contribution in [-0.4, -0.2) is 59.1 Å². The van der Waals surface area contributed by atoms with E-state index in [9.17, 15) is 15.3 Å². The molecule has 3 fully saturated rings. The first kappa shape index (κ1) is 34.2. The molecular formula is C36H65N2O4+. The van der Waals surface area contributed by atoms with Gasteiger partial charge in [-0.3, -0.25) is 5.73 Å². The van der Waals surface area contributed by atoms with Gasteiger partial charge < -0.3 is 25.4 Å². The van der Waals surface area contributed by atoms with Crippen LogP contribution in [-0.2, 0) is 4.74 Å². The van der Waals surface area contributed by atoms with Crippen LogP contribution < -0.4 is 11.1 Å². The number of quaternary nitrogens is 1. The van der Waals surface area contributed by atoms with E-state index in [0.29, 0.717) is 43.1 Å². The summed E-state index contributed by atoms with van der Waals surface area (Å²) in [4.78, 5) is 0. The van der Waals surface area contributed by atoms with E-state index in [-0.39, 0.29) is 24.3 Å². The van der Waals surface area contributed by atoms with Gasteiger partial charge in [0.25, 0.3) is 0 Å². The van der Waals surface area contributed by atoms with Gasteiger partial charge in [0.05, 0.1) is 31.0 Å². The van der Waals surface area contributed by atoms with Crippen LogP contribution in [0.25, 0.3) is 0 Å². The van der Waals surface area contributed by atoms with Crippen molar-refractivity contribution in [2.24, 2.45) is 41.2 Å². The lowest BCUT2D eigenvalue weighted by Crippen LogP contribution is -2.94. The number of piperidine rings is 1. The van der Waals surface area contributed by atoms with Gasteiger partial charge in [0.15, 0.2) is 0 Å². The predicted octanol–water partition coefficient (Wildman–Crippen LogP) is 4.88. The fourth-order valence-corrected chi connectivity index (χ4v) is 8.65. The lowest BCUT2D eigenvalue weighted by atomic mass is 9.77. The molecule has 1 saturated heterocycles. The summed E-state index contributed by atoms with van der Waals surface area (Å²) in [5.74, 6) is 10.0. The van der Waals surface area contributed by atoms with Crippen molar-refractivity contribution in [3.05, 3.63) is 0 Å². The van der Waals surface area contributed by atoms with E-state index >= 15 is 0 Å². The number of aliphatic hydroxyl groups excluding tert-OH is 3. The fourth-order valence-electron chi connectivity index (χ4n) is 8.65. The SMILES string of the molecule is CC(CC1CCCCC1)C1C#CCC(C(O)CCC2CCC(O)C(OCCCC3CC[NH2+]C(N)C3)C2)C(O)CCCC1. The summed E-state index contributed by atoms with van der Waals surface area (Å²) >= 11 is 0. The first-order valence-corrected chi connectivity index (χ1v) is 18.1. The molecule has 10 unspecified atom stereocenters. The Morgan fingerprint density at radius 2 is 1.62 bits per heavy atom. The molecule has 4 aliphatic rings. The molecule has 1 aliphatic heterocycles. The Balaban J connectivity index is 1.20. The summed E-state index contributed by atoms with van der Waals surface area (Å²) in [6.45, 7) is 4.25. The quantitative estimate of drug-likeness (QED) is 0.165. The summed E-state index contributed by atoms with van der Waals surface area (Å²) in [5, 5.41) is 35.1. The highest BCUT2D eigenvalue weighted by atomic mass is 16.5. The predicted molar refractivity (Wildman–Crippen MR) is 169 cm³/mol. The number of ether oxygens (including phenoxy) is 1. The Kier molecular flexibility index (Phi) is 14.9. The van der Waals surface area contributed by atoms with Gasteiger partial charge >= 0.3 is 0 Å². The summed E-state index contributed by atoms with van der Waals surface area (Å²) < 4.78 is 6.21. The second kappa shape index (κ2) is 18.3. The van der Waals surface area contributed by atoms with Gasteiger partial charge in [0.2, 0.25) is 0 Å². The molecule has 42 heavy (non-hydrogen) atoms. The van der Waals surface area contributed by atoms with Crippen LogP contribution in [0.1, 0.15) is 135 Å². The number of hydrogen-bond donors (Lipinski definition) is 5. The molecule has 0 bridgehead atoms. The normalized spacial score (nSPS) is 36.9. The molecule has 7 N–H and O–H groups in total. The van der Waals surface area contributed by atoms with Gasteiger partial charge in [-0.1, -0.05) is 57.8 Å². The average Bonchev–Trinajstić information content (AvgIpc) is 2.99. The maximum Gasteiger partial charge on any atom is 0.137 e. The van der Waals surface area contributed by atoms with Gasteiger partial charge in [0.1, 0.15) is 6.17 Å². The van der Waals surface area contributed by atoms with Crippen LogP contribution in [0, 0.1) is 47.3 Å². The van der Waals surface area contributed by atoms with Crippen molar-refractivity contribution in [1.29, 1.82) is 0 Å². The molecule has 2 saturated carbocycles.